The summed E-state index contributed by atoms with van der Waals surface area (Å²) in [5.41, 5.74) is 1.66. The van der Waals surface area contributed by atoms with Gasteiger partial charge in [0.1, 0.15) is 0 Å². The van der Waals surface area contributed by atoms with Crippen LogP contribution in [0, 0.1) is 0 Å². The Bertz CT molecular complexity index is 445. The standard InChI is InChI=1S/C15H23N3O2.ClH/c1-4-18(5-2)15(20)13-8-6-12(7-9-13)10-17-14(19)11-16-3;/h6-9,16H,4-5,10-11H2,1-3H3,(H,17,19);1H. The lowest BCUT2D eigenvalue weighted by Crippen LogP contribution is -2.31. The molecule has 0 atom stereocenters. The first-order valence-corrected chi connectivity index (χ1v) is 6.91. The van der Waals surface area contributed by atoms with Crippen molar-refractivity contribution in [3.8, 4) is 0 Å². The SMILES string of the molecule is CCN(CC)C(=O)c1ccc(CNC(=O)CNC)cc1.Cl. The first kappa shape index (κ1) is 19.4. The fourth-order valence-electron chi connectivity index (χ4n) is 1.88. The zero-order valence-corrected chi connectivity index (χ0v) is 13.6. The smallest absolute Gasteiger partial charge is 0.253 e. The van der Waals surface area contributed by atoms with Gasteiger partial charge in [0.25, 0.3) is 5.91 Å². The van der Waals surface area contributed by atoms with E-state index in [-0.39, 0.29) is 24.2 Å². The van der Waals surface area contributed by atoms with Crippen molar-refractivity contribution in [1.82, 2.24) is 15.5 Å². The van der Waals surface area contributed by atoms with E-state index in [2.05, 4.69) is 10.6 Å². The molecule has 0 aromatic heterocycles. The zero-order chi connectivity index (χ0) is 15.0. The number of nitrogens with zero attached hydrogens (tertiary/aromatic N) is 1. The van der Waals surface area contributed by atoms with Crippen molar-refractivity contribution in [2.45, 2.75) is 20.4 Å². The summed E-state index contributed by atoms with van der Waals surface area (Å²) in [6.07, 6.45) is 0. The van der Waals surface area contributed by atoms with Crippen LogP contribution in [0.3, 0.4) is 0 Å². The van der Waals surface area contributed by atoms with Gasteiger partial charge in [-0.2, -0.15) is 0 Å². The second kappa shape index (κ2) is 10.2. The molecule has 0 aliphatic heterocycles. The molecule has 2 N–H and O–H groups in total. The highest BCUT2D eigenvalue weighted by Gasteiger charge is 2.11. The van der Waals surface area contributed by atoms with Gasteiger partial charge in [0.05, 0.1) is 6.54 Å². The van der Waals surface area contributed by atoms with Crippen LogP contribution in [-0.4, -0.2) is 43.4 Å². The van der Waals surface area contributed by atoms with Crippen LogP contribution in [0.2, 0.25) is 0 Å². The number of hydrogen-bond donors (Lipinski definition) is 2. The van der Waals surface area contributed by atoms with E-state index >= 15 is 0 Å². The van der Waals surface area contributed by atoms with E-state index in [1.807, 2.05) is 26.0 Å². The van der Waals surface area contributed by atoms with Crippen LogP contribution >= 0.6 is 12.4 Å². The minimum atomic E-state index is -0.0456. The molecule has 6 heteroatoms. The van der Waals surface area contributed by atoms with Crippen molar-refractivity contribution in [2.75, 3.05) is 26.7 Å². The summed E-state index contributed by atoms with van der Waals surface area (Å²) in [7, 11) is 1.73. The van der Waals surface area contributed by atoms with Gasteiger partial charge in [0.15, 0.2) is 0 Å². The molecule has 0 radical (unpaired) electrons. The van der Waals surface area contributed by atoms with Crippen molar-refractivity contribution in [2.24, 2.45) is 0 Å². The van der Waals surface area contributed by atoms with Crippen molar-refractivity contribution >= 4 is 24.2 Å². The fourth-order valence-corrected chi connectivity index (χ4v) is 1.88. The summed E-state index contributed by atoms with van der Waals surface area (Å²) >= 11 is 0. The average Bonchev–Trinajstić information content (AvgIpc) is 2.47. The average molecular weight is 314 g/mol. The Kier molecular flexibility index (Phi) is 9.41. The molecule has 0 fully saturated rings. The summed E-state index contributed by atoms with van der Waals surface area (Å²) < 4.78 is 0. The van der Waals surface area contributed by atoms with Gasteiger partial charge < -0.3 is 15.5 Å². The normalized spacial score (nSPS) is 9.67. The largest absolute Gasteiger partial charge is 0.351 e. The van der Waals surface area contributed by atoms with Crippen LogP contribution < -0.4 is 10.6 Å². The summed E-state index contributed by atoms with van der Waals surface area (Å²) in [6.45, 7) is 6.12. The Morgan fingerprint density at radius 3 is 2.14 bits per heavy atom. The molecule has 1 rings (SSSR count). The molecule has 0 spiro atoms. The number of halogens is 1. The van der Waals surface area contributed by atoms with Crippen LogP contribution in [0.1, 0.15) is 29.8 Å². The van der Waals surface area contributed by atoms with E-state index in [0.717, 1.165) is 5.56 Å². The van der Waals surface area contributed by atoms with E-state index in [1.165, 1.54) is 0 Å². The number of nitrogens with one attached hydrogen (secondary N) is 2. The van der Waals surface area contributed by atoms with Crippen LogP contribution in [0.4, 0.5) is 0 Å². The topological polar surface area (TPSA) is 61.4 Å². The van der Waals surface area contributed by atoms with Gasteiger partial charge in [0.2, 0.25) is 5.91 Å². The summed E-state index contributed by atoms with van der Waals surface area (Å²) in [6, 6.07) is 7.35. The third-order valence-electron chi connectivity index (χ3n) is 3.08. The number of amides is 2. The highest BCUT2D eigenvalue weighted by molar-refractivity contribution is 5.94. The molecule has 5 nitrogen and oxygen atoms in total. The number of rotatable bonds is 7. The number of likely N-dealkylation sites (N-methyl/N-ethyl adjacent to an activating group) is 1. The maximum atomic E-state index is 12.1. The van der Waals surface area contributed by atoms with Crippen LogP contribution in [0.15, 0.2) is 24.3 Å². The Morgan fingerprint density at radius 2 is 1.67 bits per heavy atom. The predicted octanol–water partition coefficient (Wildman–Crippen LogP) is 1.43. The lowest BCUT2D eigenvalue weighted by atomic mass is 10.1. The molecule has 0 heterocycles. The van der Waals surface area contributed by atoms with Gasteiger partial charge in [-0.15, -0.1) is 12.4 Å². The molecule has 1 aromatic rings. The molecule has 0 saturated carbocycles. The Morgan fingerprint density at radius 1 is 1.10 bits per heavy atom. The van der Waals surface area contributed by atoms with E-state index in [4.69, 9.17) is 0 Å². The molecule has 0 aliphatic carbocycles. The van der Waals surface area contributed by atoms with Gasteiger partial charge in [-0.1, -0.05) is 12.1 Å². The Labute approximate surface area is 132 Å². The first-order chi connectivity index (χ1) is 9.62. The minimum Gasteiger partial charge on any atom is -0.351 e. The van der Waals surface area contributed by atoms with Crippen LogP contribution in [0.5, 0.6) is 0 Å². The maximum absolute atomic E-state index is 12.1. The summed E-state index contributed by atoms with van der Waals surface area (Å²) in [5.74, 6) is -0.00318. The molecular weight excluding hydrogens is 290 g/mol. The van der Waals surface area contributed by atoms with E-state index in [0.29, 0.717) is 31.7 Å². The zero-order valence-electron chi connectivity index (χ0n) is 12.8. The van der Waals surface area contributed by atoms with E-state index in [1.54, 1.807) is 24.1 Å². The molecular formula is C15H24ClN3O2. The van der Waals surface area contributed by atoms with E-state index in [9.17, 15) is 9.59 Å². The quantitative estimate of drug-likeness (QED) is 0.800. The number of hydrogen-bond acceptors (Lipinski definition) is 3. The minimum absolute atomic E-state index is 0. The lowest BCUT2D eigenvalue weighted by molar-refractivity contribution is -0.120. The highest BCUT2D eigenvalue weighted by atomic mass is 35.5. The van der Waals surface area contributed by atoms with Gasteiger partial charge >= 0.3 is 0 Å². The second-order valence-electron chi connectivity index (χ2n) is 4.48. The van der Waals surface area contributed by atoms with Gasteiger partial charge in [0, 0.05) is 25.2 Å². The monoisotopic (exact) mass is 313 g/mol. The van der Waals surface area contributed by atoms with Crippen molar-refractivity contribution in [1.29, 1.82) is 0 Å². The van der Waals surface area contributed by atoms with Crippen molar-refractivity contribution in [3.05, 3.63) is 35.4 Å². The van der Waals surface area contributed by atoms with E-state index < -0.39 is 0 Å². The lowest BCUT2D eigenvalue weighted by Gasteiger charge is -2.18. The predicted molar refractivity (Wildman–Crippen MR) is 86.7 cm³/mol. The molecule has 0 saturated heterocycles. The molecule has 1 aromatic carbocycles. The fraction of sp³-hybridized carbons (Fsp3) is 0.467. The Hall–Kier alpha value is -1.59. The van der Waals surface area contributed by atoms with Crippen LogP contribution in [-0.2, 0) is 11.3 Å². The first-order valence-electron chi connectivity index (χ1n) is 6.91. The van der Waals surface area contributed by atoms with Crippen LogP contribution in [0.25, 0.3) is 0 Å². The third-order valence-corrected chi connectivity index (χ3v) is 3.08. The number of benzene rings is 1. The van der Waals surface area contributed by atoms with Gasteiger partial charge in [-0.05, 0) is 38.6 Å². The van der Waals surface area contributed by atoms with Crippen molar-refractivity contribution < 1.29 is 9.59 Å². The molecule has 0 aliphatic rings. The third kappa shape index (κ3) is 6.14. The summed E-state index contributed by atoms with van der Waals surface area (Å²) in [4.78, 5) is 25.2. The highest BCUT2D eigenvalue weighted by Crippen LogP contribution is 2.07. The summed E-state index contributed by atoms with van der Waals surface area (Å²) in [5, 5.41) is 5.59. The Balaban J connectivity index is 0.00000400. The van der Waals surface area contributed by atoms with Gasteiger partial charge in [-0.25, -0.2) is 0 Å². The number of carbonyl (C=O) groups is 2. The number of carbonyl (C=O) groups excluding carboxylic acids is 2. The second-order valence-corrected chi connectivity index (χ2v) is 4.48. The molecule has 118 valence electrons. The van der Waals surface area contributed by atoms with Gasteiger partial charge in [-0.3, -0.25) is 9.59 Å². The molecule has 0 bridgehead atoms. The van der Waals surface area contributed by atoms with Crippen molar-refractivity contribution in [3.63, 3.8) is 0 Å². The molecule has 0 unspecified atom stereocenters. The maximum Gasteiger partial charge on any atom is 0.253 e. The molecule has 21 heavy (non-hydrogen) atoms. The molecule has 2 amide bonds.